The average Bonchev–Trinajstić information content (AvgIpc) is 2.68. The quantitative estimate of drug-likeness (QED) is 0.578. The van der Waals surface area contributed by atoms with E-state index in [1.165, 1.54) is 12.3 Å². The molecule has 15 heavy (non-hydrogen) atoms. The Kier molecular flexibility index (Phi) is 2.63. The zero-order valence-electron chi connectivity index (χ0n) is 7.48. The maximum atomic E-state index is 10.1. The van der Waals surface area contributed by atoms with Crippen molar-refractivity contribution in [2.75, 3.05) is 0 Å². The zero-order valence-corrected chi connectivity index (χ0v) is 8.23. The molecule has 74 valence electrons. The van der Waals surface area contributed by atoms with E-state index in [0.29, 0.717) is 16.5 Å². The summed E-state index contributed by atoms with van der Waals surface area (Å²) in [6.45, 7) is 0. The molecule has 0 saturated carbocycles. The Morgan fingerprint density at radius 1 is 1.33 bits per heavy atom. The smallest absolute Gasteiger partial charge is 0.240 e. The minimum absolute atomic E-state index is 0.354. The van der Waals surface area contributed by atoms with Gasteiger partial charge in [-0.15, -0.1) is 0 Å². The van der Waals surface area contributed by atoms with Crippen LogP contribution in [0.15, 0.2) is 40.0 Å². The molecule has 1 aromatic carbocycles. The summed E-state index contributed by atoms with van der Waals surface area (Å²) >= 11 is 5.74. The van der Waals surface area contributed by atoms with Gasteiger partial charge in [0.2, 0.25) is 6.08 Å². The summed E-state index contributed by atoms with van der Waals surface area (Å²) in [5.74, 6) is 0.426. The highest BCUT2D eigenvalue weighted by Gasteiger charge is 2.09. The fourth-order valence-electron chi connectivity index (χ4n) is 1.17. The highest BCUT2D eigenvalue weighted by Crippen LogP contribution is 2.30. The molecule has 0 radical (unpaired) electrons. The molecule has 0 saturated heterocycles. The second kappa shape index (κ2) is 4.09. The van der Waals surface area contributed by atoms with Gasteiger partial charge in [0.1, 0.15) is 5.69 Å². The van der Waals surface area contributed by atoms with Gasteiger partial charge in [-0.1, -0.05) is 16.8 Å². The standard InChI is InChI=1S/C10H5ClN2O2/c11-8-3-1-7(2-4-8)10-9(12-6-14)5-13-15-10/h1-5H. The summed E-state index contributed by atoms with van der Waals surface area (Å²) in [5.41, 5.74) is 1.11. The number of aromatic nitrogens is 1. The summed E-state index contributed by atoms with van der Waals surface area (Å²) < 4.78 is 4.98. The van der Waals surface area contributed by atoms with Gasteiger partial charge < -0.3 is 4.52 Å². The first-order valence-corrected chi connectivity index (χ1v) is 4.47. The molecule has 1 aromatic heterocycles. The topological polar surface area (TPSA) is 55.5 Å². The number of benzene rings is 1. The molecule has 2 rings (SSSR count). The lowest BCUT2D eigenvalue weighted by molar-refractivity contribution is 0.432. The van der Waals surface area contributed by atoms with Crippen molar-refractivity contribution >= 4 is 23.4 Å². The van der Waals surface area contributed by atoms with E-state index in [1.54, 1.807) is 24.3 Å². The largest absolute Gasteiger partial charge is 0.354 e. The van der Waals surface area contributed by atoms with E-state index in [0.717, 1.165) is 5.56 Å². The maximum Gasteiger partial charge on any atom is 0.240 e. The normalized spacial score (nSPS) is 9.67. The Morgan fingerprint density at radius 2 is 2.07 bits per heavy atom. The van der Waals surface area contributed by atoms with Crippen molar-refractivity contribution in [1.29, 1.82) is 0 Å². The van der Waals surface area contributed by atoms with Crippen molar-refractivity contribution in [1.82, 2.24) is 5.16 Å². The number of carbonyl (C=O) groups excluding carboxylic acids is 1. The number of isocyanates is 1. The number of nitrogens with zero attached hydrogens (tertiary/aromatic N) is 2. The van der Waals surface area contributed by atoms with Gasteiger partial charge in [-0.2, -0.15) is 4.99 Å². The Labute approximate surface area is 90.2 Å². The monoisotopic (exact) mass is 220 g/mol. The first-order valence-electron chi connectivity index (χ1n) is 4.10. The van der Waals surface area contributed by atoms with Crippen LogP contribution < -0.4 is 0 Å². The number of hydrogen-bond acceptors (Lipinski definition) is 4. The summed E-state index contributed by atoms with van der Waals surface area (Å²) in [5, 5.41) is 4.18. The van der Waals surface area contributed by atoms with E-state index >= 15 is 0 Å². The van der Waals surface area contributed by atoms with E-state index in [9.17, 15) is 4.79 Å². The van der Waals surface area contributed by atoms with Crippen molar-refractivity contribution in [3.05, 3.63) is 35.5 Å². The van der Waals surface area contributed by atoms with Gasteiger partial charge in [-0.25, -0.2) is 4.79 Å². The van der Waals surface area contributed by atoms with E-state index in [4.69, 9.17) is 16.1 Å². The van der Waals surface area contributed by atoms with Crippen molar-refractivity contribution in [3.8, 4) is 11.3 Å². The van der Waals surface area contributed by atoms with Gasteiger partial charge in [-0.05, 0) is 24.3 Å². The molecule has 0 spiro atoms. The van der Waals surface area contributed by atoms with Crippen LogP contribution in [0.5, 0.6) is 0 Å². The lowest BCUT2D eigenvalue weighted by Gasteiger charge is -1.95. The van der Waals surface area contributed by atoms with Gasteiger partial charge in [0.05, 0.1) is 6.20 Å². The van der Waals surface area contributed by atoms with Crippen molar-refractivity contribution in [2.45, 2.75) is 0 Å². The molecule has 0 atom stereocenters. The van der Waals surface area contributed by atoms with Gasteiger partial charge >= 0.3 is 0 Å². The molecule has 1 heterocycles. The molecular weight excluding hydrogens is 216 g/mol. The molecule has 0 aliphatic carbocycles. The number of hydrogen-bond donors (Lipinski definition) is 0. The van der Waals surface area contributed by atoms with Gasteiger partial charge in [0, 0.05) is 10.6 Å². The second-order valence-electron chi connectivity index (χ2n) is 2.75. The highest BCUT2D eigenvalue weighted by atomic mass is 35.5. The molecule has 5 heteroatoms. The Balaban J connectivity index is 2.49. The van der Waals surface area contributed by atoms with Crippen molar-refractivity contribution in [2.24, 2.45) is 4.99 Å². The van der Waals surface area contributed by atoms with Crippen LogP contribution in [0.4, 0.5) is 5.69 Å². The number of aliphatic imine (C=N–C) groups is 1. The lowest BCUT2D eigenvalue weighted by atomic mass is 10.1. The minimum Gasteiger partial charge on any atom is -0.354 e. The van der Waals surface area contributed by atoms with Crippen LogP contribution in [0, 0.1) is 0 Å². The Morgan fingerprint density at radius 3 is 2.73 bits per heavy atom. The third-order valence-corrected chi connectivity index (χ3v) is 2.08. The predicted molar refractivity (Wildman–Crippen MR) is 54.7 cm³/mol. The molecule has 0 amide bonds. The predicted octanol–water partition coefficient (Wildman–Crippen LogP) is 2.96. The number of rotatable bonds is 2. The average molecular weight is 221 g/mol. The molecule has 0 N–H and O–H groups in total. The fourth-order valence-corrected chi connectivity index (χ4v) is 1.29. The third-order valence-electron chi connectivity index (χ3n) is 1.82. The fraction of sp³-hybridized carbons (Fsp3) is 0. The van der Waals surface area contributed by atoms with Crippen LogP contribution in [0.3, 0.4) is 0 Å². The summed E-state index contributed by atoms with van der Waals surface area (Å²) in [6.07, 6.45) is 2.80. The summed E-state index contributed by atoms with van der Waals surface area (Å²) in [4.78, 5) is 13.6. The van der Waals surface area contributed by atoms with Crippen LogP contribution in [-0.2, 0) is 4.79 Å². The first kappa shape index (κ1) is 9.65. The maximum absolute atomic E-state index is 10.1. The van der Waals surface area contributed by atoms with Crippen LogP contribution in [0.2, 0.25) is 5.02 Å². The molecule has 0 aliphatic heterocycles. The van der Waals surface area contributed by atoms with Crippen LogP contribution in [-0.4, -0.2) is 11.2 Å². The Bertz CT molecular complexity index is 512. The van der Waals surface area contributed by atoms with Gasteiger partial charge in [0.25, 0.3) is 0 Å². The van der Waals surface area contributed by atoms with Gasteiger partial charge in [-0.3, -0.25) is 0 Å². The molecular formula is C10H5ClN2O2. The molecule has 0 unspecified atom stereocenters. The van der Waals surface area contributed by atoms with Crippen LogP contribution in [0.1, 0.15) is 0 Å². The second-order valence-corrected chi connectivity index (χ2v) is 3.19. The van der Waals surface area contributed by atoms with E-state index in [-0.39, 0.29) is 0 Å². The number of halogens is 1. The summed E-state index contributed by atoms with van der Waals surface area (Å²) in [7, 11) is 0. The van der Waals surface area contributed by atoms with Crippen molar-refractivity contribution < 1.29 is 9.32 Å². The van der Waals surface area contributed by atoms with Gasteiger partial charge in [0.15, 0.2) is 5.76 Å². The molecule has 2 aromatic rings. The zero-order chi connectivity index (χ0) is 10.7. The highest BCUT2D eigenvalue weighted by molar-refractivity contribution is 6.30. The first-order chi connectivity index (χ1) is 7.31. The summed E-state index contributed by atoms with van der Waals surface area (Å²) in [6, 6.07) is 6.95. The molecule has 4 nitrogen and oxygen atoms in total. The molecule has 0 fully saturated rings. The minimum atomic E-state index is 0.354. The molecule has 0 bridgehead atoms. The third kappa shape index (κ3) is 1.96. The lowest BCUT2D eigenvalue weighted by Crippen LogP contribution is -1.73. The Hall–Kier alpha value is -1.90. The molecule has 0 aliphatic rings. The van der Waals surface area contributed by atoms with Crippen molar-refractivity contribution in [3.63, 3.8) is 0 Å². The van der Waals surface area contributed by atoms with E-state index < -0.39 is 0 Å². The van der Waals surface area contributed by atoms with E-state index in [1.807, 2.05) is 0 Å². The van der Waals surface area contributed by atoms with Crippen LogP contribution >= 0.6 is 11.6 Å². The van der Waals surface area contributed by atoms with Crippen LogP contribution in [0.25, 0.3) is 11.3 Å². The van der Waals surface area contributed by atoms with E-state index in [2.05, 4.69) is 10.1 Å². The SMILES string of the molecule is O=C=Nc1cnoc1-c1ccc(Cl)cc1.